The summed E-state index contributed by atoms with van der Waals surface area (Å²) < 4.78 is 56.2. The molecule has 39 heavy (non-hydrogen) atoms. The molecule has 10 heteroatoms. The van der Waals surface area contributed by atoms with Crippen LogP contribution in [0.1, 0.15) is 16.7 Å². The first-order valence-electron chi connectivity index (χ1n) is 12.2. The van der Waals surface area contributed by atoms with Crippen LogP contribution in [0.3, 0.4) is 0 Å². The molecular weight excluding hydrogens is 534 g/mol. The Labute approximate surface area is 228 Å². The van der Waals surface area contributed by atoms with Gasteiger partial charge >= 0.3 is 0 Å². The van der Waals surface area contributed by atoms with Gasteiger partial charge in [0.2, 0.25) is 5.91 Å². The molecule has 0 atom stereocenters. The summed E-state index contributed by atoms with van der Waals surface area (Å²) in [6.45, 7) is 5.32. The normalized spacial score (nSPS) is 13.8. The second-order valence-electron chi connectivity index (χ2n) is 9.51. The molecule has 200 valence electrons. The first kappa shape index (κ1) is 26.5. The second kappa shape index (κ2) is 9.87. The van der Waals surface area contributed by atoms with Crippen LogP contribution in [0.4, 0.5) is 17.1 Å². The van der Waals surface area contributed by atoms with Gasteiger partial charge in [-0.1, -0.05) is 35.9 Å². The molecule has 4 aromatic carbocycles. The maximum atomic E-state index is 13.5. The Kier molecular flexibility index (Phi) is 6.69. The van der Waals surface area contributed by atoms with Crippen LogP contribution in [0, 0.1) is 20.8 Å². The van der Waals surface area contributed by atoms with E-state index in [9.17, 15) is 21.6 Å². The fraction of sp³-hybridized carbons (Fsp3) is 0.138. The Morgan fingerprint density at radius 1 is 0.795 bits per heavy atom. The van der Waals surface area contributed by atoms with E-state index >= 15 is 0 Å². The second-order valence-corrected chi connectivity index (χ2v) is 13.0. The molecule has 8 nitrogen and oxygen atoms in total. The maximum absolute atomic E-state index is 13.5. The lowest BCUT2D eigenvalue weighted by Crippen LogP contribution is -2.40. The number of nitrogens with one attached hydrogen (secondary N) is 2. The molecule has 0 aromatic heterocycles. The predicted molar refractivity (Wildman–Crippen MR) is 153 cm³/mol. The van der Waals surface area contributed by atoms with E-state index in [1.807, 2.05) is 32.9 Å². The van der Waals surface area contributed by atoms with E-state index in [-0.39, 0.29) is 9.79 Å². The summed E-state index contributed by atoms with van der Waals surface area (Å²) in [5.74, 6) is -0.562. The van der Waals surface area contributed by atoms with E-state index in [1.165, 1.54) is 30.3 Å². The molecule has 1 heterocycles. The first-order valence-corrected chi connectivity index (χ1v) is 15.1. The minimum absolute atomic E-state index is 0.0261. The highest BCUT2D eigenvalue weighted by Crippen LogP contribution is 2.43. The number of amides is 1. The van der Waals surface area contributed by atoms with Crippen molar-refractivity contribution in [3.8, 4) is 11.1 Å². The van der Waals surface area contributed by atoms with Crippen LogP contribution in [0.25, 0.3) is 11.1 Å². The highest BCUT2D eigenvalue weighted by molar-refractivity contribution is 7.93. The lowest BCUT2D eigenvalue weighted by molar-refractivity contribution is -0.114. The molecule has 4 aromatic rings. The fourth-order valence-electron chi connectivity index (χ4n) is 4.48. The number of carbonyl (C=O) groups excluding carboxylic acids is 1. The molecule has 0 saturated carbocycles. The van der Waals surface area contributed by atoms with Crippen LogP contribution in [0.5, 0.6) is 0 Å². The van der Waals surface area contributed by atoms with Gasteiger partial charge in [-0.25, -0.2) is 16.8 Å². The summed E-state index contributed by atoms with van der Waals surface area (Å²) in [5.41, 5.74) is 5.53. The summed E-state index contributed by atoms with van der Waals surface area (Å²) >= 11 is 0. The van der Waals surface area contributed by atoms with Crippen LogP contribution in [0.2, 0.25) is 0 Å². The number of nitrogens with zero attached hydrogens (tertiary/aromatic N) is 1. The van der Waals surface area contributed by atoms with E-state index < -0.39 is 32.5 Å². The van der Waals surface area contributed by atoms with Gasteiger partial charge in [0.05, 0.1) is 15.5 Å². The van der Waals surface area contributed by atoms with Gasteiger partial charge in [0.1, 0.15) is 6.54 Å². The van der Waals surface area contributed by atoms with Gasteiger partial charge in [-0.3, -0.25) is 13.8 Å². The van der Waals surface area contributed by atoms with Crippen molar-refractivity contribution in [3.63, 3.8) is 0 Å². The predicted octanol–water partition coefficient (Wildman–Crippen LogP) is 5.23. The Morgan fingerprint density at radius 2 is 1.49 bits per heavy atom. The van der Waals surface area contributed by atoms with Crippen molar-refractivity contribution in [1.82, 2.24) is 0 Å². The topological polar surface area (TPSA) is 113 Å². The van der Waals surface area contributed by atoms with Gasteiger partial charge < -0.3 is 5.32 Å². The number of aryl methyl sites for hydroxylation is 3. The third kappa shape index (κ3) is 5.13. The summed E-state index contributed by atoms with van der Waals surface area (Å²) in [7, 11) is -7.82. The van der Waals surface area contributed by atoms with Crippen molar-refractivity contribution in [2.45, 2.75) is 30.6 Å². The van der Waals surface area contributed by atoms with Crippen molar-refractivity contribution in [3.05, 3.63) is 102 Å². The molecule has 1 aliphatic rings. The Hall–Kier alpha value is -4.15. The minimum Gasteiger partial charge on any atom is -0.325 e. The SMILES string of the molecule is Cc1ccc2c(c1)-c1ccccc1S(=O)(=O)N2CC(=O)Nc1ccc(S(=O)(=O)Nc2ccc(C)c(C)c2)cc1. The summed E-state index contributed by atoms with van der Waals surface area (Å²) in [4.78, 5) is 13.2. The number of rotatable bonds is 6. The van der Waals surface area contributed by atoms with E-state index in [2.05, 4.69) is 10.0 Å². The van der Waals surface area contributed by atoms with Crippen molar-refractivity contribution in [2.24, 2.45) is 0 Å². The van der Waals surface area contributed by atoms with Crippen molar-refractivity contribution in [2.75, 3.05) is 20.9 Å². The lowest BCUT2D eigenvalue weighted by atomic mass is 10.0. The van der Waals surface area contributed by atoms with Crippen molar-refractivity contribution in [1.29, 1.82) is 0 Å². The fourth-order valence-corrected chi connectivity index (χ4v) is 7.18. The van der Waals surface area contributed by atoms with Crippen LogP contribution >= 0.6 is 0 Å². The number of benzene rings is 4. The third-order valence-electron chi connectivity index (χ3n) is 6.66. The van der Waals surface area contributed by atoms with Gasteiger partial charge in [0, 0.05) is 22.5 Å². The molecule has 0 aliphatic carbocycles. The number of anilines is 3. The molecule has 0 bridgehead atoms. The quantitative estimate of drug-likeness (QED) is 0.335. The zero-order chi connectivity index (χ0) is 27.9. The standard InChI is InChI=1S/C29H27N3O5S2/c1-19-8-15-27-26(16-19)25-6-4-5-7-28(25)39(36,37)32(27)18-29(33)30-22-11-13-24(14-12-22)38(34,35)31-23-10-9-20(2)21(3)17-23/h4-17,31H,18H2,1-3H3,(H,30,33). The van der Waals surface area contributed by atoms with Gasteiger partial charge in [-0.05, 0) is 86.5 Å². The molecule has 0 fully saturated rings. The van der Waals surface area contributed by atoms with Gasteiger partial charge in [-0.2, -0.15) is 0 Å². The average Bonchev–Trinajstić information content (AvgIpc) is 2.89. The average molecular weight is 562 g/mol. The Bertz CT molecular complexity index is 1820. The number of carbonyl (C=O) groups is 1. The van der Waals surface area contributed by atoms with Crippen molar-refractivity contribution < 1.29 is 21.6 Å². The maximum Gasteiger partial charge on any atom is 0.265 e. The molecule has 1 aliphatic heterocycles. The molecule has 5 rings (SSSR count). The largest absolute Gasteiger partial charge is 0.325 e. The van der Waals surface area contributed by atoms with Crippen LogP contribution < -0.4 is 14.3 Å². The van der Waals surface area contributed by atoms with E-state index in [1.54, 1.807) is 42.5 Å². The highest BCUT2D eigenvalue weighted by atomic mass is 32.2. The molecule has 0 unspecified atom stereocenters. The van der Waals surface area contributed by atoms with Crippen LogP contribution in [-0.2, 0) is 24.8 Å². The van der Waals surface area contributed by atoms with Crippen LogP contribution in [-0.4, -0.2) is 29.3 Å². The Balaban J connectivity index is 1.34. The third-order valence-corrected chi connectivity index (χ3v) is 9.88. The Morgan fingerprint density at radius 3 is 2.21 bits per heavy atom. The summed E-state index contributed by atoms with van der Waals surface area (Å²) in [6.07, 6.45) is 0. The molecule has 2 N–H and O–H groups in total. The van der Waals surface area contributed by atoms with Crippen molar-refractivity contribution >= 4 is 43.0 Å². The smallest absolute Gasteiger partial charge is 0.265 e. The number of hydrogen-bond donors (Lipinski definition) is 2. The zero-order valence-corrected chi connectivity index (χ0v) is 23.2. The van der Waals surface area contributed by atoms with Gasteiger partial charge in [0.15, 0.2) is 0 Å². The molecule has 0 radical (unpaired) electrons. The van der Waals surface area contributed by atoms with E-state index in [4.69, 9.17) is 0 Å². The molecule has 0 saturated heterocycles. The lowest BCUT2D eigenvalue weighted by Gasteiger charge is -2.31. The molecular formula is C29H27N3O5S2. The highest BCUT2D eigenvalue weighted by Gasteiger charge is 2.35. The van der Waals surface area contributed by atoms with Gasteiger partial charge in [-0.15, -0.1) is 0 Å². The van der Waals surface area contributed by atoms with E-state index in [0.29, 0.717) is 22.6 Å². The molecule has 1 amide bonds. The zero-order valence-electron chi connectivity index (χ0n) is 21.6. The summed E-state index contributed by atoms with van der Waals surface area (Å²) in [5, 5.41) is 2.67. The summed E-state index contributed by atoms with van der Waals surface area (Å²) in [6, 6.07) is 23.1. The van der Waals surface area contributed by atoms with E-state index in [0.717, 1.165) is 26.6 Å². The first-order chi connectivity index (χ1) is 18.5. The number of hydrogen-bond acceptors (Lipinski definition) is 5. The number of fused-ring (bicyclic) bond motifs is 3. The number of sulfonamides is 2. The molecule has 0 spiro atoms. The minimum atomic E-state index is -3.97. The van der Waals surface area contributed by atoms with Crippen LogP contribution in [0.15, 0.2) is 94.7 Å². The monoisotopic (exact) mass is 561 g/mol. The van der Waals surface area contributed by atoms with Gasteiger partial charge in [0.25, 0.3) is 20.0 Å².